The van der Waals surface area contributed by atoms with Gasteiger partial charge >= 0.3 is 0 Å². The molecule has 5 heteroatoms. The van der Waals surface area contributed by atoms with Crippen LogP contribution in [-0.2, 0) is 9.98 Å². The Balaban J connectivity index is 1.05. The molecule has 0 bridgehead atoms. The fourth-order valence-corrected chi connectivity index (χ4v) is 11.0. The van der Waals surface area contributed by atoms with E-state index in [4.69, 9.17) is 13.9 Å². The summed E-state index contributed by atoms with van der Waals surface area (Å²) in [6, 6.07) is 50.9. The van der Waals surface area contributed by atoms with Crippen molar-refractivity contribution in [1.82, 2.24) is 0 Å². The molecule has 0 spiro atoms. The zero-order chi connectivity index (χ0) is 33.6. The molecule has 0 amide bonds. The van der Waals surface area contributed by atoms with Gasteiger partial charge in [0, 0.05) is 38.2 Å². The number of para-hydroxylation sites is 1. The van der Waals surface area contributed by atoms with Crippen molar-refractivity contribution in [3.05, 3.63) is 163 Å². The van der Waals surface area contributed by atoms with Crippen LogP contribution in [0.4, 0.5) is 0 Å². The van der Waals surface area contributed by atoms with Crippen molar-refractivity contribution >= 4 is 45.0 Å². The summed E-state index contributed by atoms with van der Waals surface area (Å²) in [6.07, 6.45) is 0. The molecule has 0 radical (unpaired) electrons. The lowest BCUT2D eigenvalue weighted by molar-refractivity contribution is 0.360. The fourth-order valence-electron chi connectivity index (χ4n) is 7.98. The number of rotatable bonds is 4. The van der Waals surface area contributed by atoms with Crippen LogP contribution in [0.1, 0.15) is 25.0 Å². The average Bonchev–Trinajstić information content (AvgIpc) is 3.63. The standard InChI is InChI=1S/C45H31O4P/c1-45(2)36-24-28(29-21-23-38-40(25-29)49-41-26-35-33-16-9-10-18-37(33)47-39(35)27-42(41)48-38)20-22-32(36)34-17-11-19-43(44(34)45)50(46,30-12-5-3-6-13-30)31-14-7-4-8-15-31/h3-27H,1-2H3. The Morgan fingerprint density at radius 3 is 1.92 bits per heavy atom. The summed E-state index contributed by atoms with van der Waals surface area (Å²) >= 11 is 0. The number of benzene rings is 7. The first-order chi connectivity index (χ1) is 24.4. The van der Waals surface area contributed by atoms with Crippen molar-refractivity contribution in [2.75, 3.05) is 0 Å². The van der Waals surface area contributed by atoms with Crippen LogP contribution >= 0.6 is 7.14 Å². The monoisotopic (exact) mass is 666 g/mol. The SMILES string of the molecule is CC1(C)c2cc(-c3ccc4c(c3)Oc3cc5c(cc3O4)oc3ccccc35)ccc2-c2cccc(P(=O)(c3ccccc3)c3ccccc3)c21. The minimum absolute atomic E-state index is 0.401. The van der Waals surface area contributed by atoms with E-state index >= 15 is 4.57 Å². The molecule has 2 aliphatic rings. The molecule has 50 heavy (non-hydrogen) atoms. The van der Waals surface area contributed by atoms with Gasteiger partial charge in [0.15, 0.2) is 30.1 Å². The number of hydrogen-bond donors (Lipinski definition) is 0. The number of hydrogen-bond acceptors (Lipinski definition) is 4. The van der Waals surface area contributed by atoms with Gasteiger partial charge in [0.05, 0.1) is 0 Å². The quantitative estimate of drug-likeness (QED) is 0.175. The Morgan fingerprint density at radius 1 is 0.500 bits per heavy atom. The third-order valence-electron chi connectivity index (χ3n) is 10.4. The van der Waals surface area contributed by atoms with E-state index in [-0.39, 0.29) is 0 Å². The molecule has 0 saturated carbocycles. The van der Waals surface area contributed by atoms with Gasteiger partial charge < -0.3 is 18.5 Å². The minimum atomic E-state index is -3.20. The molecular formula is C45H31O4P. The molecule has 0 atom stereocenters. The molecule has 0 fully saturated rings. The van der Waals surface area contributed by atoms with Gasteiger partial charge in [-0.3, -0.25) is 0 Å². The molecule has 0 N–H and O–H groups in total. The van der Waals surface area contributed by atoms with Crippen molar-refractivity contribution in [2.24, 2.45) is 0 Å². The van der Waals surface area contributed by atoms with E-state index in [1.807, 2.05) is 97.1 Å². The predicted molar refractivity (Wildman–Crippen MR) is 203 cm³/mol. The van der Waals surface area contributed by atoms with Crippen molar-refractivity contribution in [3.63, 3.8) is 0 Å². The summed E-state index contributed by atoms with van der Waals surface area (Å²) in [4.78, 5) is 0. The summed E-state index contributed by atoms with van der Waals surface area (Å²) < 4.78 is 34.5. The third kappa shape index (κ3) is 4.15. The van der Waals surface area contributed by atoms with Crippen molar-refractivity contribution in [1.29, 1.82) is 0 Å². The fraction of sp³-hybridized carbons (Fsp3) is 0.0667. The second-order valence-corrected chi connectivity index (χ2v) is 16.4. The Labute approximate surface area is 289 Å². The van der Waals surface area contributed by atoms with E-state index < -0.39 is 12.6 Å². The van der Waals surface area contributed by atoms with Crippen LogP contribution in [0, 0.1) is 0 Å². The summed E-state index contributed by atoms with van der Waals surface area (Å²) in [5.41, 5.74) is 7.95. The lowest BCUT2D eigenvalue weighted by Crippen LogP contribution is -2.31. The van der Waals surface area contributed by atoms with E-state index in [1.54, 1.807) is 0 Å². The Bertz CT molecular complexity index is 2660. The molecule has 8 aromatic rings. The summed E-state index contributed by atoms with van der Waals surface area (Å²) in [5, 5.41) is 4.61. The maximum Gasteiger partial charge on any atom is 0.173 e. The Kier molecular flexibility index (Phi) is 6.16. The minimum Gasteiger partial charge on any atom is -0.456 e. The highest BCUT2D eigenvalue weighted by atomic mass is 31.2. The van der Waals surface area contributed by atoms with Gasteiger partial charge in [-0.25, -0.2) is 0 Å². The Morgan fingerprint density at radius 2 is 1.14 bits per heavy atom. The lowest BCUT2D eigenvalue weighted by Gasteiger charge is -2.29. The van der Waals surface area contributed by atoms with Crippen LogP contribution in [0.15, 0.2) is 156 Å². The van der Waals surface area contributed by atoms with Gasteiger partial charge in [-0.05, 0) is 63.7 Å². The molecule has 2 heterocycles. The Hall–Kier alpha value is -5.83. The first kappa shape index (κ1) is 29.1. The van der Waals surface area contributed by atoms with Crippen LogP contribution in [-0.4, -0.2) is 0 Å². The van der Waals surface area contributed by atoms with Gasteiger partial charge in [0.1, 0.15) is 11.2 Å². The number of ether oxygens (including phenoxy) is 2. The number of fused-ring (bicyclic) bond motifs is 8. The summed E-state index contributed by atoms with van der Waals surface area (Å²) in [5.74, 6) is 2.62. The normalized spacial score (nSPS) is 14.0. The molecule has 1 aliphatic heterocycles. The molecule has 240 valence electrons. The van der Waals surface area contributed by atoms with Crippen LogP contribution in [0.3, 0.4) is 0 Å². The predicted octanol–water partition coefficient (Wildman–Crippen LogP) is 11.1. The maximum atomic E-state index is 15.6. The molecule has 7 aromatic carbocycles. The highest BCUT2D eigenvalue weighted by Gasteiger charge is 2.43. The second-order valence-electron chi connectivity index (χ2n) is 13.6. The highest BCUT2D eigenvalue weighted by Crippen LogP contribution is 2.55. The summed E-state index contributed by atoms with van der Waals surface area (Å²) in [7, 11) is -3.20. The van der Waals surface area contributed by atoms with Gasteiger partial charge in [-0.2, -0.15) is 0 Å². The van der Waals surface area contributed by atoms with Crippen molar-refractivity contribution in [3.8, 4) is 45.3 Å². The van der Waals surface area contributed by atoms with E-state index in [0.29, 0.717) is 23.0 Å². The van der Waals surface area contributed by atoms with Crippen LogP contribution in [0.2, 0.25) is 0 Å². The molecule has 10 rings (SSSR count). The third-order valence-corrected chi connectivity index (χ3v) is 13.5. The van der Waals surface area contributed by atoms with E-state index in [0.717, 1.165) is 60.1 Å². The second kappa shape index (κ2) is 10.6. The van der Waals surface area contributed by atoms with E-state index in [2.05, 4.69) is 68.4 Å². The highest BCUT2D eigenvalue weighted by molar-refractivity contribution is 7.85. The molecule has 1 aromatic heterocycles. The molecule has 4 nitrogen and oxygen atoms in total. The van der Waals surface area contributed by atoms with Crippen LogP contribution in [0.25, 0.3) is 44.2 Å². The van der Waals surface area contributed by atoms with Gasteiger partial charge in [-0.15, -0.1) is 0 Å². The first-order valence-electron chi connectivity index (χ1n) is 16.9. The van der Waals surface area contributed by atoms with Gasteiger partial charge in [-0.1, -0.05) is 129 Å². The maximum absolute atomic E-state index is 15.6. The molecule has 0 saturated heterocycles. The van der Waals surface area contributed by atoms with Crippen molar-refractivity contribution in [2.45, 2.75) is 19.3 Å². The van der Waals surface area contributed by atoms with Gasteiger partial charge in [0.25, 0.3) is 0 Å². The average molecular weight is 667 g/mol. The molecule has 1 aliphatic carbocycles. The molecule has 0 unspecified atom stereocenters. The topological polar surface area (TPSA) is 48.7 Å². The van der Waals surface area contributed by atoms with E-state index in [1.165, 1.54) is 11.1 Å². The first-order valence-corrected chi connectivity index (χ1v) is 18.6. The van der Waals surface area contributed by atoms with Crippen LogP contribution in [0.5, 0.6) is 23.0 Å². The zero-order valence-corrected chi connectivity index (χ0v) is 28.4. The number of furan rings is 1. The lowest BCUT2D eigenvalue weighted by atomic mass is 9.81. The van der Waals surface area contributed by atoms with E-state index in [9.17, 15) is 0 Å². The summed E-state index contributed by atoms with van der Waals surface area (Å²) in [6.45, 7) is 4.51. The smallest absolute Gasteiger partial charge is 0.173 e. The van der Waals surface area contributed by atoms with Crippen molar-refractivity contribution < 1.29 is 18.5 Å². The zero-order valence-electron chi connectivity index (χ0n) is 27.5. The van der Waals surface area contributed by atoms with Gasteiger partial charge in [0.2, 0.25) is 0 Å². The largest absolute Gasteiger partial charge is 0.456 e. The molecular weight excluding hydrogens is 635 g/mol. The van der Waals surface area contributed by atoms with Crippen LogP contribution < -0.4 is 25.4 Å².